The lowest BCUT2D eigenvalue weighted by molar-refractivity contribution is 0.395. The van der Waals surface area contributed by atoms with Crippen molar-refractivity contribution in [1.82, 2.24) is 0 Å². The lowest BCUT2D eigenvalue weighted by Gasteiger charge is -2.10. The van der Waals surface area contributed by atoms with E-state index in [1.807, 2.05) is 0 Å². The summed E-state index contributed by atoms with van der Waals surface area (Å²) >= 11 is 0. The number of phenolic OH excluding ortho intramolecular Hbond substituents is 4. The Morgan fingerprint density at radius 3 is 1.41 bits per heavy atom. The van der Waals surface area contributed by atoms with E-state index in [2.05, 4.69) is 0 Å². The van der Waals surface area contributed by atoms with Gasteiger partial charge in [0.15, 0.2) is 22.7 Å². The minimum absolute atomic E-state index is 0.00597. The van der Waals surface area contributed by atoms with E-state index >= 15 is 0 Å². The van der Waals surface area contributed by atoms with Crippen molar-refractivity contribution in [2.45, 2.75) is 0 Å². The Hall–Kier alpha value is -3.42. The number of hydrogen-bond acceptors (Lipinski definition) is 8. The summed E-state index contributed by atoms with van der Waals surface area (Å²) in [5, 5.41) is 38.7. The van der Waals surface area contributed by atoms with Crippen molar-refractivity contribution < 1.29 is 29.3 Å². The van der Waals surface area contributed by atoms with Gasteiger partial charge >= 0.3 is 11.3 Å². The average molecular weight is 314 g/mol. The first-order chi connectivity index (χ1) is 10.4. The van der Waals surface area contributed by atoms with Crippen LogP contribution < -0.4 is 11.3 Å². The lowest BCUT2D eigenvalue weighted by atomic mass is 10.9. The highest BCUT2D eigenvalue weighted by Gasteiger charge is 2.24. The molecule has 0 radical (unpaired) electrons. The zero-order chi connectivity index (χ0) is 15.8. The minimum atomic E-state index is -0.941. The predicted octanol–water partition coefficient (Wildman–Crippen LogP) is 1.31. The molecule has 0 aliphatic rings. The highest BCUT2D eigenvalue weighted by Crippen LogP contribution is 2.44. The molecule has 2 aromatic carbocycles. The van der Waals surface area contributed by atoms with Gasteiger partial charge in [-0.3, -0.25) is 0 Å². The number of hydrogen-bond donors (Lipinski definition) is 4. The smallest absolute Gasteiger partial charge is 0.344 e. The molecule has 2 heterocycles. The van der Waals surface area contributed by atoms with E-state index in [0.717, 1.165) is 12.1 Å². The molecule has 0 amide bonds. The molecule has 8 heteroatoms. The van der Waals surface area contributed by atoms with Crippen molar-refractivity contribution in [3.8, 4) is 23.0 Å². The molecule has 4 rings (SSSR count). The van der Waals surface area contributed by atoms with Crippen molar-refractivity contribution in [2.75, 3.05) is 0 Å². The van der Waals surface area contributed by atoms with Crippen molar-refractivity contribution >= 4 is 32.7 Å². The van der Waals surface area contributed by atoms with Crippen LogP contribution in [0, 0.1) is 0 Å². The van der Waals surface area contributed by atoms with Crippen LogP contribution >= 0.6 is 0 Å². The van der Waals surface area contributed by atoms with E-state index < -0.39 is 45.4 Å². The van der Waals surface area contributed by atoms with Gasteiger partial charge in [-0.1, -0.05) is 0 Å². The summed E-state index contributed by atoms with van der Waals surface area (Å²) in [6.07, 6.45) is 0. The molecular formula is C14H6O8. The topological polar surface area (TPSA) is 141 Å². The third-order valence-electron chi connectivity index (χ3n) is 3.55. The van der Waals surface area contributed by atoms with Gasteiger partial charge < -0.3 is 29.3 Å². The summed E-state index contributed by atoms with van der Waals surface area (Å²) in [5.41, 5.74) is -2.70. The molecule has 2 aromatic heterocycles. The second-order valence-corrected chi connectivity index (χ2v) is 4.77. The van der Waals surface area contributed by atoms with Gasteiger partial charge in [0, 0.05) is 10.8 Å². The van der Waals surface area contributed by atoms with Crippen molar-refractivity contribution in [1.29, 1.82) is 0 Å². The molecule has 0 unspecified atom stereocenters. The summed E-state index contributed by atoms with van der Waals surface area (Å²) in [7, 11) is 0. The molecule has 0 bridgehead atoms. The number of phenols is 4. The molecule has 0 spiro atoms. The molecule has 0 aliphatic heterocycles. The minimum Gasteiger partial charge on any atom is -0.504 e. The van der Waals surface area contributed by atoms with E-state index in [9.17, 15) is 30.0 Å². The quantitative estimate of drug-likeness (QED) is 0.216. The second kappa shape index (κ2) is 3.61. The summed E-state index contributed by atoms with van der Waals surface area (Å²) in [4.78, 5) is 24.0. The van der Waals surface area contributed by atoms with Crippen molar-refractivity contribution in [3.63, 3.8) is 0 Å². The lowest BCUT2D eigenvalue weighted by Crippen LogP contribution is -2.06. The summed E-state index contributed by atoms with van der Waals surface area (Å²) in [5.74, 6) is -2.75. The fraction of sp³-hybridized carbons (Fsp3) is 0. The highest BCUT2D eigenvalue weighted by atomic mass is 16.5. The first kappa shape index (κ1) is 12.3. The van der Waals surface area contributed by atoms with E-state index in [0.29, 0.717) is 0 Å². The summed E-state index contributed by atoms with van der Waals surface area (Å²) in [6, 6.07) is 1.93. The van der Waals surface area contributed by atoms with E-state index in [-0.39, 0.29) is 21.5 Å². The van der Waals surface area contributed by atoms with Gasteiger partial charge in [0.05, 0.1) is 10.8 Å². The van der Waals surface area contributed by atoms with Crippen LogP contribution in [0.5, 0.6) is 23.0 Å². The largest absolute Gasteiger partial charge is 0.504 e. The molecule has 4 N–H and O–H groups in total. The van der Waals surface area contributed by atoms with Crippen LogP contribution in [0.15, 0.2) is 30.6 Å². The zero-order valence-corrected chi connectivity index (χ0v) is 10.6. The van der Waals surface area contributed by atoms with Crippen LogP contribution in [0.4, 0.5) is 0 Å². The maximum absolute atomic E-state index is 12.0. The zero-order valence-electron chi connectivity index (χ0n) is 10.6. The Labute approximate surface area is 119 Å². The number of rotatable bonds is 0. The Kier molecular flexibility index (Phi) is 2.02. The van der Waals surface area contributed by atoms with Crippen LogP contribution in [0.3, 0.4) is 0 Å². The van der Waals surface area contributed by atoms with Crippen LogP contribution in [-0.4, -0.2) is 20.4 Å². The maximum atomic E-state index is 12.0. The van der Waals surface area contributed by atoms with Crippen LogP contribution in [0.1, 0.15) is 0 Å². The Balaban J connectivity index is 2.55. The Morgan fingerprint density at radius 2 is 1.05 bits per heavy atom. The normalized spacial score (nSPS) is 11.8. The molecule has 4 aromatic rings. The molecule has 110 valence electrons. The SMILES string of the molecule is O=c1o[13c]2[13c](O)[13c](O)[13cH][13c]3c(=O)o[13c]4[13c](O)[13c](O)[13cH][13c]1[13c]4[13c]32. The molecule has 0 saturated heterocycles. The van der Waals surface area contributed by atoms with Gasteiger partial charge in [0.25, 0.3) is 0 Å². The molecule has 0 aliphatic carbocycles. The first-order valence-corrected chi connectivity index (χ1v) is 6.02. The Bertz CT molecular complexity index is 1100. The third kappa shape index (κ3) is 1.26. The fourth-order valence-corrected chi connectivity index (χ4v) is 2.58. The van der Waals surface area contributed by atoms with Crippen molar-refractivity contribution in [3.05, 3.63) is 33.0 Å². The third-order valence-corrected chi connectivity index (χ3v) is 3.55. The van der Waals surface area contributed by atoms with Gasteiger partial charge in [-0.25, -0.2) is 9.59 Å². The van der Waals surface area contributed by atoms with Crippen LogP contribution in [0.2, 0.25) is 0 Å². The van der Waals surface area contributed by atoms with E-state index in [1.54, 1.807) is 0 Å². The summed E-state index contributed by atoms with van der Waals surface area (Å²) in [6.45, 7) is 0. The van der Waals surface area contributed by atoms with Crippen molar-refractivity contribution in [2.24, 2.45) is 0 Å². The monoisotopic (exact) mass is 314 g/mol. The van der Waals surface area contributed by atoms with Crippen LogP contribution in [0.25, 0.3) is 32.7 Å². The van der Waals surface area contributed by atoms with Gasteiger partial charge in [-0.05, 0) is 12.1 Å². The predicted molar refractivity (Wildman–Crippen MR) is 73.9 cm³/mol. The average Bonchev–Trinajstić information content (AvgIpc) is 2.47. The second-order valence-electron chi connectivity index (χ2n) is 4.77. The van der Waals surface area contributed by atoms with Gasteiger partial charge in [-0.2, -0.15) is 0 Å². The highest BCUT2D eigenvalue weighted by molar-refractivity contribution is 6.22. The maximum Gasteiger partial charge on any atom is 0.344 e. The van der Waals surface area contributed by atoms with E-state index in [1.165, 1.54) is 0 Å². The molecule has 0 atom stereocenters. The fourth-order valence-electron chi connectivity index (χ4n) is 2.58. The van der Waals surface area contributed by atoms with Gasteiger partial charge in [0.1, 0.15) is 0 Å². The Morgan fingerprint density at radius 1 is 0.682 bits per heavy atom. The molecule has 22 heavy (non-hydrogen) atoms. The molecule has 8 nitrogen and oxygen atoms in total. The number of benzene rings is 2. The van der Waals surface area contributed by atoms with Gasteiger partial charge in [0.2, 0.25) is 11.5 Å². The molecule has 0 saturated carbocycles. The molecular weight excluding hydrogens is 308 g/mol. The first-order valence-electron chi connectivity index (χ1n) is 6.02. The van der Waals surface area contributed by atoms with Gasteiger partial charge in [-0.15, -0.1) is 0 Å². The van der Waals surface area contributed by atoms with Crippen LogP contribution in [-0.2, 0) is 0 Å². The van der Waals surface area contributed by atoms with E-state index in [4.69, 9.17) is 8.83 Å². The molecule has 0 fully saturated rings. The standard InChI is InChI=1S/C14H6O8/c15-5-1-3-7-8-4(14(20)22-11(7)9(5)17)2-6(16)10(18)12(8)21-13(3)19/h1-2,15-18H/i1+1,2+1,3+1,4+1,5+1,6+1,7+1,8+1,9+1,10+1,11+1,12+1. The number of aromatic hydroxyl groups is 4. The summed E-state index contributed by atoms with van der Waals surface area (Å²) < 4.78 is 9.87.